The highest BCUT2D eigenvalue weighted by atomic mass is 35.5. The van der Waals surface area contributed by atoms with Crippen molar-refractivity contribution in [3.63, 3.8) is 0 Å². The van der Waals surface area contributed by atoms with E-state index in [1.54, 1.807) is 37.4 Å². The molecule has 1 N–H and O–H groups in total. The van der Waals surface area contributed by atoms with Gasteiger partial charge in [-0.2, -0.15) is 5.26 Å². The molecule has 0 spiro atoms. The van der Waals surface area contributed by atoms with E-state index >= 15 is 0 Å². The monoisotopic (exact) mass is 534 g/mol. The zero-order chi connectivity index (χ0) is 25.4. The predicted octanol–water partition coefficient (Wildman–Crippen LogP) is 3.61. The lowest BCUT2D eigenvalue weighted by Crippen LogP contribution is -2.13. The molecule has 35 heavy (non-hydrogen) atoms. The molecule has 3 rings (SSSR count). The molecule has 0 aliphatic heterocycles. The predicted molar refractivity (Wildman–Crippen MR) is 131 cm³/mol. The number of anilines is 1. The zero-order valence-corrected chi connectivity index (χ0v) is 20.9. The summed E-state index contributed by atoms with van der Waals surface area (Å²) in [7, 11) is -2.00. The van der Waals surface area contributed by atoms with Crippen molar-refractivity contribution in [1.82, 2.24) is 10.2 Å². The SMILES string of the molecule is COc1ccccc1OCCOc1ccc(C=C(C#N)C(=O)Nc2nnc(S(C)(=O)=O)s2)cc1Cl. The van der Waals surface area contributed by atoms with E-state index in [1.807, 2.05) is 12.1 Å². The van der Waals surface area contributed by atoms with Gasteiger partial charge in [-0.05, 0) is 35.9 Å². The Kier molecular flexibility index (Phi) is 8.64. The highest BCUT2D eigenvalue weighted by Gasteiger charge is 2.17. The molecular weight excluding hydrogens is 516 g/mol. The number of amides is 1. The van der Waals surface area contributed by atoms with Crippen LogP contribution in [0.15, 0.2) is 52.4 Å². The molecule has 0 atom stereocenters. The summed E-state index contributed by atoms with van der Waals surface area (Å²) in [4.78, 5) is 12.4. The van der Waals surface area contributed by atoms with Crippen molar-refractivity contribution in [3.05, 3.63) is 58.6 Å². The Morgan fingerprint density at radius 3 is 2.43 bits per heavy atom. The van der Waals surface area contributed by atoms with Crippen LogP contribution in [-0.2, 0) is 14.6 Å². The zero-order valence-electron chi connectivity index (χ0n) is 18.5. The van der Waals surface area contributed by atoms with Crippen molar-refractivity contribution in [1.29, 1.82) is 5.26 Å². The van der Waals surface area contributed by atoms with E-state index in [1.165, 1.54) is 12.1 Å². The summed E-state index contributed by atoms with van der Waals surface area (Å²) in [5.74, 6) is 0.834. The molecule has 3 aromatic rings. The molecule has 0 fully saturated rings. The Balaban J connectivity index is 1.60. The number of para-hydroxylation sites is 2. The number of rotatable bonds is 10. The number of nitrogens with one attached hydrogen (secondary N) is 1. The molecule has 0 aliphatic rings. The lowest BCUT2D eigenvalue weighted by molar-refractivity contribution is -0.112. The Morgan fingerprint density at radius 2 is 1.83 bits per heavy atom. The van der Waals surface area contributed by atoms with Gasteiger partial charge in [-0.3, -0.25) is 10.1 Å². The summed E-state index contributed by atoms with van der Waals surface area (Å²) < 4.78 is 39.3. The topological polar surface area (TPSA) is 140 Å². The second kappa shape index (κ2) is 11.7. The van der Waals surface area contributed by atoms with Crippen molar-refractivity contribution >= 4 is 49.9 Å². The minimum atomic E-state index is -3.55. The van der Waals surface area contributed by atoms with Gasteiger partial charge in [-0.25, -0.2) is 8.42 Å². The first-order valence-corrected chi connectivity index (χ1v) is 12.9. The number of benzene rings is 2. The highest BCUT2D eigenvalue weighted by molar-refractivity contribution is 7.92. The first-order chi connectivity index (χ1) is 16.7. The maximum Gasteiger partial charge on any atom is 0.268 e. The molecule has 0 saturated carbocycles. The highest BCUT2D eigenvalue weighted by Crippen LogP contribution is 2.28. The average Bonchev–Trinajstić information content (AvgIpc) is 3.30. The number of hydrogen-bond donors (Lipinski definition) is 1. The van der Waals surface area contributed by atoms with Crippen LogP contribution in [0, 0.1) is 11.3 Å². The third-order valence-corrected chi connectivity index (χ3v) is 7.05. The molecule has 0 aliphatic carbocycles. The lowest BCUT2D eigenvalue weighted by atomic mass is 10.1. The Hall–Kier alpha value is -3.66. The molecule has 0 bridgehead atoms. The number of sulfone groups is 1. The van der Waals surface area contributed by atoms with Crippen LogP contribution in [0.3, 0.4) is 0 Å². The molecule has 1 amide bonds. The van der Waals surface area contributed by atoms with Gasteiger partial charge in [0.15, 0.2) is 11.5 Å². The first-order valence-electron chi connectivity index (χ1n) is 9.86. The van der Waals surface area contributed by atoms with Crippen LogP contribution in [0.4, 0.5) is 5.13 Å². The van der Waals surface area contributed by atoms with E-state index < -0.39 is 15.7 Å². The largest absolute Gasteiger partial charge is 0.493 e. The molecule has 1 heterocycles. The molecule has 182 valence electrons. The van der Waals surface area contributed by atoms with Gasteiger partial charge in [0.1, 0.15) is 30.6 Å². The van der Waals surface area contributed by atoms with E-state index in [9.17, 15) is 18.5 Å². The van der Waals surface area contributed by atoms with E-state index in [-0.39, 0.29) is 33.3 Å². The van der Waals surface area contributed by atoms with Crippen LogP contribution in [-0.4, -0.2) is 51.1 Å². The maximum atomic E-state index is 12.4. The van der Waals surface area contributed by atoms with Crippen molar-refractivity contribution in [2.75, 3.05) is 31.9 Å². The fourth-order valence-electron chi connectivity index (χ4n) is 2.66. The minimum absolute atomic E-state index is 0.0475. The summed E-state index contributed by atoms with van der Waals surface area (Å²) in [6.07, 6.45) is 2.30. The third kappa shape index (κ3) is 7.16. The summed E-state index contributed by atoms with van der Waals surface area (Å²) in [5, 5.41) is 19.1. The smallest absolute Gasteiger partial charge is 0.268 e. The fraction of sp³-hybridized carbons (Fsp3) is 0.182. The number of nitrogens with zero attached hydrogens (tertiary/aromatic N) is 3. The summed E-state index contributed by atoms with van der Waals surface area (Å²) in [5.41, 5.74) is 0.240. The maximum absolute atomic E-state index is 12.4. The Bertz CT molecular complexity index is 1400. The quantitative estimate of drug-likeness (QED) is 0.179. The number of aromatic nitrogens is 2. The number of ether oxygens (including phenoxy) is 3. The normalized spacial score (nSPS) is 11.4. The first kappa shape index (κ1) is 26.0. The standard InChI is InChI=1S/C22H19ClN4O6S2/c1-31-18-5-3-4-6-19(18)33-10-9-32-17-8-7-14(12-16(17)23)11-15(13-24)20(28)25-21-26-27-22(34-21)35(2,29)30/h3-8,11-12H,9-10H2,1-2H3,(H,25,26,28). The van der Waals surface area contributed by atoms with Gasteiger partial charge in [0.25, 0.3) is 5.91 Å². The molecular formula is C22H19ClN4O6S2. The number of carbonyl (C=O) groups excluding carboxylic acids is 1. The Labute approximate surface area is 210 Å². The summed E-state index contributed by atoms with van der Waals surface area (Å²) in [6, 6.07) is 13.8. The van der Waals surface area contributed by atoms with E-state index in [0.29, 0.717) is 34.1 Å². The lowest BCUT2D eigenvalue weighted by Gasteiger charge is -2.12. The van der Waals surface area contributed by atoms with Gasteiger partial charge < -0.3 is 14.2 Å². The van der Waals surface area contributed by atoms with Gasteiger partial charge >= 0.3 is 0 Å². The van der Waals surface area contributed by atoms with Crippen LogP contribution in [0.2, 0.25) is 5.02 Å². The van der Waals surface area contributed by atoms with Crippen molar-refractivity contribution in [3.8, 4) is 23.3 Å². The second-order valence-corrected chi connectivity index (χ2v) is 10.4. The summed E-state index contributed by atoms with van der Waals surface area (Å²) in [6.45, 7) is 0.472. The van der Waals surface area contributed by atoms with Crippen LogP contribution in [0.1, 0.15) is 5.56 Å². The van der Waals surface area contributed by atoms with Crippen molar-refractivity contribution in [2.45, 2.75) is 4.34 Å². The molecule has 2 aromatic carbocycles. The molecule has 0 saturated heterocycles. The van der Waals surface area contributed by atoms with Crippen LogP contribution >= 0.6 is 22.9 Å². The third-order valence-electron chi connectivity index (χ3n) is 4.24. The van der Waals surface area contributed by atoms with Gasteiger partial charge in [0, 0.05) is 6.26 Å². The minimum Gasteiger partial charge on any atom is -0.493 e. The fourth-order valence-corrected chi connectivity index (χ4v) is 4.40. The molecule has 0 radical (unpaired) electrons. The number of nitriles is 1. The van der Waals surface area contributed by atoms with Crippen LogP contribution in [0.25, 0.3) is 6.08 Å². The van der Waals surface area contributed by atoms with E-state index in [4.69, 9.17) is 25.8 Å². The van der Waals surface area contributed by atoms with Gasteiger partial charge in [-0.15, -0.1) is 10.2 Å². The van der Waals surface area contributed by atoms with Gasteiger partial charge in [-0.1, -0.05) is 41.1 Å². The molecule has 13 heteroatoms. The molecule has 10 nitrogen and oxygen atoms in total. The van der Waals surface area contributed by atoms with Crippen LogP contribution < -0.4 is 19.5 Å². The second-order valence-electron chi connectivity index (χ2n) is 6.81. The van der Waals surface area contributed by atoms with Crippen molar-refractivity contribution in [2.24, 2.45) is 0 Å². The Morgan fingerprint density at radius 1 is 1.14 bits per heavy atom. The van der Waals surface area contributed by atoms with Crippen molar-refractivity contribution < 1.29 is 27.4 Å². The van der Waals surface area contributed by atoms with Gasteiger partial charge in [0.05, 0.1) is 12.1 Å². The molecule has 1 aromatic heterocycles. The van der Waals surface area contributed by atoms with E-state index in [0.717, 1.165) is 6.26 Å². The number of carbonyl (C=O) groups is 1. The number of hydrogen-bond acceptors (Lipinski definition) is 10. The molecule has 0 unspecified atom stereocenters. The van der Waals surface area contributed by atoms with E-state index in [2.05, 4.69) is 15.5 Å². The number of methoxy groups -OCH3 is 1. The number of halogens is 1. The van der Waals surface area contributed by atoms with Crippen LogP contribution in [0.5, 0.6) is 17.2 Å². The van der Waals surface area contributed by atoms with Gasteiger partial charge in [0.2, 0.25) is 19.3 Å². The average molecular weight is 535 g/mol. The summed E-state index contributed by atoms with van der Waals surface area (Å²) >= 11 is 6.97.